The van der Waals surface area contributed by atoms with E-state index in [-0.39, 0.29) is 12.1 Å². The maximum absolute atomic E-state index is 12.5. The summed E-state index contributed by atoms with van der Waals surface area (Å²) in [7, 11) is 0. The zero-order valence-electron chi connectivity index (χ0n) is 14.2. The van der Waals surface area contributed by atoms with Crippen molar-refractivity contribution in [3.63, 3.8) is 0 Å². The van der Waals surface area contributed by atoms with Crippen molar-refractivity contribution in [1.82, 2.24) is 15.3 Å². The summed E-state index contributed by atoms with van der Waals surface area (Å²) >= 11 is 0. The number of aromatic nitrogens is 2. The first-order valence-electron chi connectivity index (χ1n) is 8.09. The molecule has 3 rings (SSSR count). The summed E-state index contributed by atoms with van der Waals surface area (Å²) in [5.41, 5.74) is 4.54. The van der Waals surface area contributed by atoms with Crippen LogP contribution in [0.2, 0.25) is 0 Å². The molecule has 0 radical (unpaired) electrons. The van der Waals surface area contributed by atoms with E-state index in [0.717, 1.165) is 28.1 Å². The van der Waals surface area contributed by atoms with Gasteiger partial charge < -0.3 is 10.6 Å². The quantitative estimate of drug-likeness (QED) is 0.759. The van der Waals surface area contributed by atoms with Crippen molar-refractivity contribution in [3.05, 3.63) is 89.5 Å². The highest BCUT2D eigenvalue weighted by Gasteiger charge is 2.18. The number of pyridine rings is 2. The molecule has 0 fully saturated rings. The fourth-order valence-corrected chi connectivity index (χ4v) is 2.63. The van der Waals surface area contributed by atoms with Gasteiger partial charge in [-0.3, -0.25) is 9.97 Å². The number of nitrogens with zero attached hydrogens (tertiary/aromatic N) is 2. The van der Waals surface area contributed by atoms with Crippen LogP contribution in [0.15, 0.2) is 67.1 Å². The molecule has 25 heavy (non-hydrogen) atoms. The molecule has 2 N–H and O–H groups in total. The van der Waals surface area contributed by atoms with Crippen LogP contribution in [-0.2, 0) is 0 Å². The molecule has 0 aliphatic heterocycles. The van der Waals surface area contributed by atoms with Gasteiger partial charge in [0.1, 0.15) is 0 Å². The number of amides is 2. The second-order valence-electron chi connectivity index (χ2n) is 5.89. The zero-order valence-corrected chi connectivity index (χ0v) is 14.2. The summed E-state index contributed by atoms with van der Waals surface area (Å²) in [6, 6.07) is 14.9. The molecule has 126 valence electrons. The average Bonchev–Trinajstić information content (AvgIpc) is 2.62. The van der Waals surface area contributed by atoms with Gasteiger partial charge in [0.05, 0.1) is 11.7 Å². The van der Waals surface area contributed by atoms with Crippen LogP contribution in [0, 0.1) is 13.8 Å². The molecule has 2 aromatic heterocycles. The molecule has 1 aromatic carbocycles. The molecule has 1 unspecified atom stereocenters. The minimum absolute atomic E-state index is 0.286. The van der Waals surface area contributed by atoms with E-state index in [0.29, 0.717) is 0 Å². The van der Waals surface area contributed by atoms with Crippen LogP contribution in [0.25, 0.3) is 0 Å². The Balaban J connectivity index is 1.85. The highest BCUT2D eigenvalue weighted by atomic mass is 16.2. The number of hydrogen-bond acceptors (Lipinski definition) is 3. The van der Waals surface area contributed by atoms with Crippen molar-refractivity contribution in [1.29, 1.82) is 0 Å². The summed E-state index contributed by atoms with van der Waals surface area (Å²) in [6.45, 7) is 3.93. The van der Waals surface area contributed by atoms with Gasteiger partial charge in [-0.05, 0) is 43.2 Å². The second-order valence-corrected chi connectivity index (χ2v) is 5.89. The van der Waals surface area contributed by atoms with Crippen LogP contribution in [0.1, 0.15) is 28.4 Å². The minimum atomic E-state index is -0.330. The number of urea groups is 1. The summed E-state index contributed by atoms with van der Waals surface area (Å²) in [5, 5.41) is 5.90. The molecule has 5 nitrogen and oxygen atoms in total. The van der Waals surface area contributed by atoms with Crippen LogP contribution in [0.4, 0.5) is 10.5 Å². The topological polar surface area (TPSA) is 66.9 Å². The maximum Gasteiger partial charge on any atom is 0.320 e. The van der Waals surface area contributed by atoms with E-state index in [1.807, 2.05) is 50.2 Å². The van der Waals surface area contributed by atoms with Crippen LogP contribution in [-0.4, -0.2) is 16.0 Å². The molecular weight excluding hydrogens is 312 g/mol. The van der Waals surface area contributed by atoms with Crippen LogP contribution < -0.4 is 10.6 Å². The maximum atomic E-state index is 12.5. The standard InChI is InChI=1S/C20H20N4O/c1-14-6-5-7-16(12-14)19(18-8-3-4-10-22-18)24-20(25)23-17-9-11-21-13-15(17)2/h3-13,19H,1-2H3,(H2,21,23,24,25). The summed E-state index contributed by atoms with van der Waals surface area (Å²) in [4.78, 5) is 21.0. The summed E-state index contributed by atoms with van der Waals surface area (Å²) in [6.07, 6.45) is 5.09. The Morgan fingerprint density at radius 2 is 1.92 bits per heavy atom. The number of hydrogen-bond donors (Lipinski definition) is 2. The Kier molecular flexibility index (Phi) is 5.04. The molecule has 0 saturated carbocycles. The second kappa shape index (κ2) is 7.57. The molecule has 0 bridgehead atoms. The van der Waals surface area contributed by atoms with E-state index < -0.39 is 0 Å². The van der Waals surface area contributed by atoms with Crippen molar-refractivity contribution in [2.75, 3.05) is 5.32 Å². The number of rotatable bonds is 4. The van der Waals surface area contributed by atoms with E-state index in [2.05, 4.69) is 26.7 Å². The van der Waals surface area contributed by atoms with Crippen LogP contribution in [0.5, 0.6) is 0 Å². The first kappa shape index (κ1) is 16.6. The zero-order chi connectivity index (χ0) is 17.6. The molecule has 5 heteroatoms. The largest absolute Gasteiger partial charge is 0.325 e. The molecule has 2 amide bonds. The van der Waals surface area contributed by atoms with Gasteiger partial charge in [0.2, 0.25) is 0 Å². The number of aryl methyl sites for hydroxylation is 2. The summed E-state index contributed by atoms with van der Waals surface area (Å²) < 4.78 is 0. The Labute approximate surface area is 147 Å². The van der Waals surface area contributed by atoms with Gasteiger partial charge in [0.25, 0.3) is 0 Å². The Hall–Kier alpha value is -3.21. The van der Waals surface area contributed by atoms with Gasteiger partial charge in [-0.15, -0.1) is 0 Å². The third-order valence-corrected chi connectivity index (χ3v) is 3.90. The van der Waals surface area contributed by atoms with E-state index in [4.69, 9.17) is 0 Å². The van der Waals surface area contributed by atoms with Gasteiger partial charge in [0, 0.05) is 24.3 Å². The third kappa shape index (κ3) is 4.20. The molecule has 0 aliphatic rings. The molecule has 0 spiro atoms. The monoisotopic (exact) mass is 332 g/mol. The smallest absolute Gasteiger partial charge is 0.320 e. The number of nitrogens with one attached hydrogen (secondary N) is 2. The van der Waals surface area contributed by atoms with Crippen LogP contribution in [0.3, 0.4) is 0 Å². The SMILES string of the molecule is Cc1cccc(C(NC(=O)Nc2ccncc2C)c2ccccn2)c1. The highest BCUT2D eigenvalue weighted by Crippen LogP contribution is 2.21. The Morgan fingerprint density at radius 1 is 1.04 bits per heavy atom. The number of anilines is 1. The normalized spacial score (nSPS) is 11.6. The molecule has 1 atom stereocenters. The van der Waals surface area contributed by atoms with Gasteiger partial charge in [0.15, 0.2) is 0 Å². The van der Waals surface area contributed by atoms with E-state index in [1.54, 1.807) is 24.7 Å². The predicted octanol–water partition coefficient (Wildman–Crippen LogP) is 4.00. The van der Waals surface area contributed by atoms with E-state index in [1.165, 1.54) is 0 Å². The number of carbonyl (C=O) groups is 1. The first-order valence-corrected chi connectivity index (χ1v) is 8.09. The van der Waals surface area contributed by atoms with E-state index >= 15 is 0 Å². The van der Waals surface area contributed by atoms with Crippen molar-refractivity contribution in [2.24, 2.45) is 0 Å². The lowest BCUT2D eigenvalue weighted by Gasteiger charge is -2.20. The third-order valence-electron chi connectivity index (χ3n) is 3.90. The fraction of sp³-hybridized carbons (Fsp3) is 0.150. The lowest BCUT2D eigenvalue weighted by atomic mass is 10.0. The Morgan fingerprint density at radius 3 is 2.64 bits per heavy atom. The first-order chi connectivity index (χ1) is 12.1. The van der Waals surface area contributed by atoms with Crippen molar-refractivity contribution >= 4 is 11.7 Å². The molecule has 3 aromatic rings. The van der Waals surface area contributed by atoms with Gasteiger partial charge in [-0.25, -0.2) is 4.79 Å². The van der Waals surface area contributed by atoms with Crippen molar-refractivity contribution in [3.8, 4) is 0 Å². The summed E-state index contributed by atoms with van der Waals surface area (Å²) in [5.74, 6) is 0. The number of carbonyl (C=O) groups excluding carboxylic acids is 1. The predicted molar refractivity (Wildman–Crippen MR) is 98.4 cm³/mol. The van der Waals surface area contributed by atoms with Gasteiger partial charge >= 0.3 is 6.03 Å². The number of benzene rings is 1. The lowest BCUT2D eigenvalue weighted by Crippen LogP contribution is -2.33. The van der Waals surface area contributed by atoms with Crippen molar-refractivity contribution in [2.45, 2.75) is 19.9 Å². The average molecular weight is 332 g/mol. The highest BCUT2D eigenvalue weighted by molar-refractivity contribution is 5.90. The molecule has 2 heterocycles. The minimum Gasteiger partial charge on any atom is -0.325 e. The fourth-order valence-electron chi connectivity index (χ4n) is 2.63. The molecule has 0 saturated heterocycles. The lowest BCUT2D eigenvalue weighted by molar-refractivity contribution is 0.250. The Bertz CT molecular complexity index is 864. The van der Waals surface area contributed by atoms with Gasteiger partial charge in [-0.2, -0.15) is 0 Å². The van der Waals surface area contributed by atoms with Crippen LogP contribution >= 0.6 is 0 Å². The van der Waals surface area contributed by atoms with E-state index in [9.17, 15) is 4.79 Å². The van der Waals surface area contributed by atoms with Gasteiger partial charge in [-0.1, -0.05) is 35.9 Å². The molecular formula is C20H20N4O. The van der Waals surface area contributed by atoms with Crippen molar-refractivity contribution < 1.29 is 4.79 Å². The molecule has 0 aliphatic carbocycles.